The number of aromatic hydroxyl groups is 1. The van der Waals surface area contributed by atoms with E-state index in [2.05, 4.69) is 5.32 Å². The SMILES string of the molecule is C[C](C(N)=O)C(=O)NCCc1ccc(O)cc1. The number of phenolic OH excluding ortho intramolecular Hbond substituents is 1. The van der Waals surface area contributed by atoms with Gasteiger partial charge in [-0.3, -0.25) is 9.59 Å². The third-order valence-electron chi connectivity index (χ3n) is 2.35. The average molecular weight is 235 g/mol. The van der Waals surface area contributed by atoms with E-state index in [0.29, 0.717) is 13.0 Å². The Balaban J connectivity index is 2.35. The number of primary amides is 1. The van der Waals surface area contributed by atoms with Crippen LogP contribution in [-0.2, 0) is 16.0 Å². The molecule has 5 heteroatoms. The highest BCUT2D eigenvalue weighted by Crippen LogP contribution is 2.09. The molecule has 0 unspecified atom stereocenters. The zero-order chi connectivity index (χ0) is 12.8. The van der Waals surface area contributed by atoms with Gasteiger partial charge in [0.15, 0.2) is 0 Å². The van der Waals surface area contributed by atoms with Crippen LogP contribution in [0.25, 0.3) is 0 Å². The minimum Gasteiger partial charge on any atom is -0.508 e. The van der Waals surface area contributed by atoms with Gasteiger partial charge in [0.2, 0.25) is 11.8 Å². The molecule has 1 aromatic carbocycles. The van der Waals surface area contributed by atoms with Gasteiger partial charge < -0.3 is 16.2 Å². The van der Waals surface area contributed by atoms with Crippen molar-refractivity contribution in [2.24, 2.45) is 5.73 Å². The summed E-state index contributed by atoms with van der Waals surface area (Å²) in [6.45, 7) is 1.80. The summed E-state index contributed by atoms with van der Waals surface area (Å²) in [5, 5.41) is 11.7. The fourth-order valence-electron chi connectivity index (χ4n) is 1.23. The Morgan fingerprint density at radius 3 is 2.41 bits per heavy atom. The molecule has 0 spiro atoms. The molecular formula is C12H15N2O3. The van der Waals surface area contributed by atoms with Gasteiger partial charge in [0, 0.05) is 6.54 Å². The minimum atomic E-state index is -0.716. The van der Waals surface area contributed by atoms with E-state index in [0.717, 1.165) is 5.56 Å². The predicted molar refractivity (Wildman–Crippen MR) is 62.9 cm³/mol. The Bertz CT molecular complexity index is 401. The molecule has 5 nitrogen and oxygen atoms in total. The summed E-state index contributed by atoms with van der Waals surface area (Å²) in [4.78, 5) is 22.0. The molecule has 0 atom stereocenters. The van der Waals surface area contributed by atoms with E-state index in [1.54, 1.807) is 24.3 Å². The van der Waals surface area contributed by atoms with Crippen molar-refractivity contribution in [1.29, 1.82) is 0 Å². The molecule has 2 amide bonds. The summed E-state index contributed by atoms with van der Waals surface area (Å²) in [7, 11) is 0. The molecule has 0 heterocycles. The Kier molecular flexibility index (Phi) is 4.51. The smallest absolute Gasteiger partial charge is 0.237 e. The summed E-state index contributed by atoms with van der Waals surface area (Å²) in [6, 6.07) is 6.70. The molecule has 1 radical (unpaired) electrons. The number of nitrogens with two attached hydrogens (primary N) is 1. The third-order valence-corrected chi connectivity index (χ3v) is 2.35. The first-order valence-electron chi connectivity index (χ1n) is 5.20. The molecule has 17 heavy (non-hydrogen) atoms. The summed E-state index contributed by atoms with van der Waals surface area (Å²) in [6.07, 6.45) is 0.623. The van der Waals surface area contributed by atoms with Crippen LogP contribution in [0, 0.1) is 5.92 Å². The second-order valence-electron chi connectivity index (χ2n) is 3.66. The van der Waals surface area contributed by atoms with Gasteiger partial charge in [-0.25, -0.2) is 0 Å². The molecule has 91 valence electrons. The van der Waals surface area contributed by atoms with E-state index < -0.39 is 11.8 Å². The van der Waals surface area contributed by atoms with Crippen molar-refractivity contribution in [1.82, 2.24) is 5.32 Å². The number of rotatable bonds is 5. The molecule has 1 aromatic rings. The van der Waals surface area contributed by atoms with Crippen LogP contribution in [0.3, 0.4) is 0 Å². The number of carbonyl (C=O) groups is 2. The maximum Gasteiger partial charge on any atom is 0.237 e. The van der Waals surface area contributed by atoms with Gasteiger partial charge in [-0.2, -0.15) is 0 Å². The van der Waals surface area contributed by atoms with E-state index in [9.17, 15) is 9.59 Å². The van der Waals surface area contributed by atoms with Crippen molar-refractivity contribution in [3.63, 3.8) is 0 Å². The highest BCUT2D eigenvalue weighted by Gasteiger charge is 2.18. The summed E-state index contributed by atoms with van der Waals surface area (Å²) >= 11 is 0. The lowest BCUT2D eigenvalue weighted by atomic mass is 10.1. The Labute approximate surface area is 99.6 Å². The molecule has 0 saturated heterocycles. The van der Waals surface area contributed by atoms with E-state index in [4.69, 9.17) is 10.8 Å². The van der Waals surface area contributed by atoms with Crippen LogP contribution >= 0.6 is 0 Å². The van der Waals surface area contributed by atoms with Crippen LogP contribution in [0.15, 0.2) is 24.3 Å². The largest absolute Gasteiger partial charge is 0.508 e. The number of amides is 2. The van der Waals surface area contributed by atoms with Crippen LogP contribution in [0.1, 0.15) is 12.5 Å². The van der Waals surface area contributed by atoms with Gasteiger partial charge in [-0.15, -0.1) is 0 Å². The summed E-state index contributed by atoms with van der Waals surface area (Å²) in [5.74, 6) is -0.963. The van der Waals surface area contributed by atoms with Crippen molar-refractivity contribution in [3.8, 4) is 5.75 Å². The van der Waals surface area contributed by atoms with E-state index in [1.165, 1.54) is 6.92 Å². The average Bonchev–Trinajstić information content (AvgIpc) is 2.30. The number of carbonyl (C=O) groups excluding carboxylic acids is 2. The normalized spacial score (nSPS) is 10.2. The molecule has 0 aromatic heterocycles. The Morgan fingerprint density at radius 2 is 1.88 bits per heavy atom. The van der Waals surface area contributed by atoms with Gasteiger partial charge >= 0.3 is 0 Å². The van der Waals surface area contributed by atoms with Crippen molar-refractivity contribution in [3.05, 3.63) is 35.7 Å². The van der Waals surface area contributed by atoms with Crippen LogP contribution in [0.4, 0.5) is 0 Å². The first-order valence-corrected chi connectivity index (χ1v) is 5.20. The quantitative estimate of drug-likeness (QED) is 0.633. The number of phenols is 1. The molecule has 0 aliphatic heterocycles. The monoisotopic (exact) mass is 235 g/mol. The number of nitrogens with one attached hydrogen (secondary N) is 1. The van der Waals surface area contributed by atoms with Gasteiger partial charge in [0.1, 0.15) is 11.7 Å². The third kappa shape index (κ3) is 4.14. The molecule has 0 bridgehead atoms. The van der Waals surface area contributed by atoms with Crippen molar-refractivity contribution in [2.75, 3.05) is 6.54 Å². The molecule has 0 aliphatic carbocycles. The van der Waals surface area contributed by atoms with Crippen LogP contribution in [0.2, 0.25) is 0 Å². The van der Waals surface area contributed by atoms with Crippen molar-refractivity contribution >= 4 is 11.8 Å². The first kappa shape index (κ1) is 13.0. The standard InChI is InChI=1S/C12H15N2O3/c1-8(11(13)16)12(17)14-7-6-9-2-4-10(15)5-3-9/h2-5,15H,6-7H2,1H3,(H2,13,16)(H,14,17). The fourth-order valence-corrected chi connectivity index (χ4v) is 1.23. The molecule has 1 rings (SSSR count). The van der Waals surface area contributed by atoms with Gasteiger partial charge in [0.05, 0.1) is 0 Å². The topological polar surface area (TPSA) is 92.4 Å². The Hall–Kier alpha value is -2.04. The lowest BCUT2D eigenvalue weighted by Crippen LogP contribution is -2.36. The highest BCUT2D eigenvalue weighted by atomic mass is 16.3. The van der Waals surface area contributed by atoms with Gasteiger partial charge in [-0.05, 0) is 31.0 Å². The number of benzene rings is 1. The predicted octanol–water partition coefficient (Wildman–Crippen LogP) is 0.131. The van der Waals surface area contributed by atoms with E-state index >= 15 is 0 Å². The maximum atomic E-state index is 11.3. The van der Waals surface area contributed by atoms with Crippen LogP contribution < -0.4 is 11.1 Å². The summed E-state index contributed by atoms with van der Waals surface area (Å²) < 4.78 is 0. The highest BCUT2D eigenvalue weighted by molar-refractivity contribution is 6.13. The summed E-state index contributed by atoms with van der Waals surface area (Å²) in [5.41, 5.74) is 5.96. The van der Waals surface area contributed by atoms with Gasteiger partial charge in [0.25, 0.3) is 0 Å². The second-order valence-corrected chi connectivity index (χ2v) is 3.66. The Morgan fingerprint density at radius 1 is 1.29 bits per heavy atom. The van der Waals surface area contributed by atoms with Gasteiger partial charge in [-0.1, -0.05) is 12.1 Å². The zero-order valence-corrected chi connectivity index (χ0v) is 9.56. The number of hydrogen-bond donors (Lipinski definition) is 3. The molecule has 4 N–H and O–H groups in total. The molecular weight excluding hydrogens is 220 g/mol. The first-order chi connectivity index (χ1) is 8.00. The van der Waals surface area contributed by atoms with Crippen LogP contribution in [-0.4, -0.2) is 23.5 Å². The van der Waals surface area contributed by atoms with E-state index in [-0.39, 0.29) is 11.7 Å². The minimum absolute atomic E-state index is 0.00398. The van der Waals surface area contributed by atoms with Crippen LogP contribution in [0.5, 0.6) is 5.75 Å². The molecule has 0 saturated carbocycles. The maximum absolute atomic E-state index is 11.3. The lowest BCUT2D eigenvalue weighted by Gasteiger charge is -2.08. The van der Waals surface area contributed by atoms with Crippen molar-refractivity contribution in [2.45, 2.75) is 13.3 Å². The molecule has 0 aliphatic rings. The lowest BCUT2D eigenvalue weighted by molar-refractivity contribution is -0.124. The van der Waals surface area contributed by atoms with E-state index in [1.807, 2.05) is 0 Å². The molecule has 0 fully saturated rings. The number of hydrogen-bond acceptors (Lipinski definition) is 3. The second kappa shape index (κ2) is 5.89. The van der Waals surface area contributed by atoms with Crippen molar-refractivity contribution < 1.29 is 14.7 Å². The fraction of sp³-hybridized carbons (Fsp3) is 0.250. The zero-order valence-electron chi connectivity index (χ0n) is 9.56.